The van der Waals surface area contributed by atoms with Crippen molar-refractivity contribution in [3.63, 3.8) is 0 Å². The Morgan fingerprint density at radius 1 is 1.04 bits per heavy atom. The van der Waals surface area contributed by atoms with E-state index in [1.54, 1.807) is 32.9 Å². The van der Waals surface area contributed by atoms with E-state index in [0.717, 1.165) is 0 Å². The van der Waals surface area contributed by atoms with Gasteiger partial charge in [0.05, 0.1) is 25.4 Å². The van der Waals surface area contributed by atoms with Gasteiger partial charge in [0.2, 0.25) is 0 Å². The summed E-state index contributed by atoms with van der Waals surface area (Å²) in [7, 11) is 0. The van der Waals surface area contributed by atoms with Crippen LogP contribution < -0.4 is 10.2 Å². The largest absolute Gasteiger partial charge is 0.491 e. The number of amides is 1. The van der Waals surface area contributed by atoms with Gasteiger partial charge < -0.3 is 19.3 Å². The molecule has 1 amide bonds. The molecule has 0 radical (unpaired) electrons. The molecule has 1 rings (SSSR count). The number of hydrogen-bond donors (Lipinski definition) is 2. The fraction of sp³-hybridized carbons (Fsp3) is 0.500. The van der Waals surface area contributed by atoms with Crippen LogP contribution in [0.4, 0.5) is 4.79 Å². The summed E-state index contributed by atoms with van der Waals surface area (Å²) >= 11 is 0. The van der Waals surface area contributed by atoms with E-state index in [9.17, 15) is 9.59 Å². The molecule has 0 saturated carbocycles. The Kier molecular flexibility index (Phi) is 8.00. The number of ether oxygens (including phenoxy) is 3. The molecule has 8 heteroatoms. The van der Waals surface area contributed by atoms with E-state index < -0.39 is 17.7 Å². The first-order valence-corrected chi connectivity index (χ1v) is 7.42. The molecule has 134 valence electrons. The Hall–Kier alpha value is -2.32. The van der Waals surface area contributed by atoms with E-state index >= 15 is 0 Å². The minimum absolute atomic E-state index is 0.173. The molecule has 0 heterocycles. The van der Waals surface area contributed by atoms with Crippen molar-refractivity contribution < 1.29 is 33.7 Å². The lowest BCUT2D eigenvalue weighted by atomic mass is 10.2. The maximum absolute atomic E-state index is 11.3. The van der Waals surface area contributed by atoms with Crippen LogP contribution in [0.3, 0.4) is 0 Å². The highest BCUT2D eigenvalue weighted by Crippen LogP contribution is 2.11. The minimum atomic E-state index is -0.982. The van der Waals surface area contributed by atoms with Gasteiger partial charge >= 0.3 is 12.1 Å². The summed E-state index contributed by atoms with van der Waals surface area (Å²) in [5.41, 5.74) is 1.77. The molecule has 0 fully saturated rings. The summed E-state index contributed by atoms with van der Waals surface area (Å²) in [4.78, 5) is 26.9. The van der Waals surface area contributed by atoms with Crippen LogP contribution in [-0.4, -0.2) is 49.2 Å². The third-order valence-corrected chi connectivity index (χ3v) is 2.48. The smallest absolute Gasteiger partial charge is 0.431 e. The highest BCUT2D eigenvalue weighted by Gasteiger charge is 2.15. The van der Waals surface area contributed by atoms with Crippen LogP contribution in [0.1, 0.15) is 31.1 Å². The second-order valence-corrected chi connectivity index (χ2v) is 5.74. The Balaban J connectivity index is 2.02. The van der Waals surface area contributed by atoms with Gasteiger partial charge in [0.25, 0.3) is 0 Å². The Morgan fingerprint density at radius 2 is 1.67 bits per heavy atom. The lowest BCUT2D eigenvalue weighted by Gasteiger charge is -2.19. The van der Waals surface area contributed by atoms with E-state index in [0.29, 0.717) is 19.0 Å². The molecule has 1 aromatic rings. The van der Waals surface area contributed by atoms with Crippen molar-refractivity contribution in [2.24, 2.45) is 0 Å². The first kappa shape index (κ1) is 19.7. The molecule has 0 aliphatic rings. The van der Waals surface area contributed by atoms with Crippen LogP contribution in [0, 0.1) is 0 Å². The molecule has 8 nitrogen and oxygen atoms in total. The number of carboxylic acid groups (broad SMARTS) is 1. The van der Waals surface area contributed by atoms with Gasteiger partial charge in [0.15, 0.2) is 0 Å². The SMILES string of the molecule is CC(C)(C)OC(=O)NOCCOCCOc1ccc(C(=O)O)cc1. The third-order valence-electron chi connectivity index (χ3n) is 2.48. The monoisotopic (exact) mass is 341 g/mol. The maximum atomic E-state index is 11.3. The highest BCUT2D eigenvalue weighted by atomic mass is 16.7. The zero-order valence-electron chi connectivity index (χ0n) is 14.0. The summed E-state index contributed by atoms with van der Waals surface area (Å²) in [6.45, 7) is 6.35. The molecule has 0 spiro atoms. The minimum Gasteiger partial charge on any atom is -0.491 e. The van der Waals surface area contributed by atoms with E-state index in [4.69, 9.17) is 24.2 Å². The van der Waals surface area contributed by atoms with Gasteiger partial charge in [0.1, 0.15) is 18.0 Å². The average molecular weight is 341 g/mol. The van der Waals surface area contributed by atoms with E-state index in [1.807, 2.05) is 0 Å². The summed E-state index contributed by atoms with van der Waals surface area (Å²) in [5, 5.41) is 8.78. The molecule has 24 heavy (non-hydrogen) atoms. The molecule has 0 aliphatic heterocycles. The van der Waals surface area contributed by atoms with Crippen LogP contribution in [0.2, 0.25) is 0 Å². The standard InChI is InChI=1S/C16H23NO7/c1-16(2,3)24-15(20)17-23-11-9-21-8-10-22-13-6-4-12(5-7-13)14(18)19/h4-7H,8-11H2,1-3H3,(H,17,20)(H,18,19). The Morgan fingerprint density at radius 3 is 2.25 bits per heavy atom. The van der Waals surface area contributed by atoms with Crippen molar-refractivity contribution in [2.45, 2.75) is 26.4 Å². The van der Waals surface area contributed by atoms with E-state index in [-0.39, 0.29) is 18.8 Å². The third kappa shape index (κ3) is 8.96. The van der Waals surface area contributed by atoms with Gasteiger partial charge in [-0.25, -0.2) is 9.59 Å². The summed E-state index contributed by atoms with van der Waals surface area (Å²) < 4.78 is 15.6. The first-order valence-electron chi connectivity index (χ1n) is 7.42. The van der Waals surface area contributed by atoms with Gasteiger partial charge in [-0.1, -0.05) is 0 Å². The van der Waals surface area contributed by atoms with Crippen molar-refractivity contribution in [1.82, 2.24) is 5.48 Å². The predicted octanol–water partition coefficient (Wildman–Crippen LogP) is 2.24. The first-order chi connectivity index (χ1) is 11.3. The molecule has 0 aromatic heterocycles. The fourth-order valence-electron chi connectivity index (χ4n) is 1.52. The number of hydroxylamine groups is 1. The van der Waals surface area contributed by atoms with Crippen molar-refractivity contribution in [3.05, 3.63) is 29.8 Å². The molecule has 0 saturated heterocycles. The fourth-order valence-corrected chi connectivity index (χ4v) is 1.52. The molecule has 1 aromatic carbocycles. The van der Waals surface area contributed by atoms with E-state index in [2.05, 4.69) is 5.48 Å². The molecule has 0 bridgehead atoms. The van der Waals surface area contributed by atoms with Crippen molar-refractivity contribution in [2.75, 3.05) is 26.4 Å². The van der Waals surface area contributed by atoms with Crippen molar-refractivity contribution in [3.8, 4) is 5.75 Å². The maximum Gasteiger partial charge on any atom is 0.431 e. The number of carbonyl (C=O) groups excluding carboxylic acids is 1. The molecule has 2 N–H and O–H groups in total. The van der Waals surface area contributed by atoms with Gasteiger partial charge in [-0.3, -0.25) is 4.84 Å². The van der Waals surface area contributed by atoms with Gasteiger partial charge in [0, 0.05) is 0 Å². The summed E-state index contributed by atoms with van der Waals surface area (Å²) in [6.07, 6.45) is -0.657. The van der Waals surface area contributed by atoms with Gasteiger partial charge in [-0.2, -0.15) is 5.48 Å². The average Bonchev–Trinajstić information content (AvgIpc) is 2.48. The van der Waals surface area contributed by atoms with Crippen LogP contribution >= 0.6 is 0 Å². The second-order valence-electron chi connectivity index (χ2n) is 5.74. The number of benzene rings is 1. The van der Waals surface area contributed by atoms with Crippen LogP contribution in [0.25, 0.3) is 0 Å². The molecule has 0 atom stereocenters. The predicted molar refractivity (Wildman–Crippen MR) is 85.0 cm³/mol. The highest BCUT2D eigenvalue weighted by molar-refractivity contribution is 5.87. The van der Waals surface area contributed by atoms with E-state index in [1.165, 1.54) is 12.1 Å². The van der Waals surface area contributed by atoms with Crippen LogP contribution in [0.5, 0.6) is 5.75 Å². The number of nitrogens with one attached hydrogen (secondary N) is 1. The zero-order chi connectivity index (χ0) is 18.0. The number of hydrogen-bond acceptors (Lipinski definition) is 6. The van der Waals surface area contributed by atoms with Gasteiger partial charge in [-0.05, 0) is 45.0 Å². The molecule has 0 unspecified atom stereocenters. The number of rotatable bonds is 9. The number of aromatic carboxylic acids is 1. The zero-order valence-corrected chi connectivity index (χ0v) is 14.0. The second kappa shape index (κ2) is 9.74. The quantitative estimate of drug-likeness (QED) is 0.524. The molecular formula is C16H23NO7. The van der Waals surface area contributed by atoms with Crippen LogP contribution in [0.15, 0.2) is 24.3 Å². The summed E-state index contributed by atoms with van der Waals surface area (Å²) in [5.74, 6) is -0.420. The summed E-state index contributed by atoms with van der Waals surface area (Å²) in [6, 6.07) is 6.10. The lowest BCUT2D eigenvalue weighted by Crippen LogP contribution is -2.33. The topological polar surface area (TPSA) is 103 Å². The Bertz CT molecular complexity index is 522. The van der Waals surface area contributed by atoms with Gasteiger partial charge in [-0.15, -0.1) is 0 Å². The van der Waals surface area contributed by atoms with Crippen LogP contribution in [-0.2, 0) is 14.3 Å². The normalized spacial score (nSPS) is 11.0. The molecular weight excluding hydrogens is 318 g/mol. The number of carbonyl (C=O) groups is 2. The van der Waals surface area contributed by atoms with Crippen molar-refractivity contribution in [1.29, 1.82) is 0 Å². The Labute approximate surface area is 140 Å². The number of carboxylic acids is 1. The van der Waals surface area contributed by atoms with Crippen molar-refractivity contribution >= 4 is 12.1 Å². The molecule has 0 aliphatic carbocycles. The lowest BCUT2D eigenvalue weighted by molar-refractivity contribution is -0.0284.